The predicted molar refractivity (Wildman–Crippen MR) is 70.2 cm³/mol. The molecule has 21 heavy (non-hydrogen) atoms. The normalized spacial score (nSPS) is 12.0. The van der Waals surface area contributed by atoms with E-state index in [4.69, 9.17) is 0 Å². The first kappa shape index (κ1) is 13.6. The van der Waals surface area contributed by atoms with Gasteiger partial charge >= 0.3 is 6.18 Å². The van der Waals surface area contributed by atoms with Crippen molar-refractivity contribution in [2.75, 3.05) is 0 Å². The van der Waals surface area contributed by atoms with Gasteiger partial charge in [0, 0.05) is 5.39 Å². The van der Waals surface area contributed by atoms with Gasteiger partial charge in [-0.3, -0.25) is 4.68 Å². The number of halogens is 4. The Balaban J connectivity index is 2.06. The van der Waals surface area contributed by atoms with Crippen LogP contribution in [-0.4, -0.2) is 9.78 Å². The zero-order valence-electron chi connectivity index (χ0n) is 10.7. The molecule has 2 aromatic carbocycles. The molecule has 108 valence electrons. The van der Waals surface area contributed by atoms with E-state index in [9.17, 15) is 17.6 Å². The van der Waals surface area contributed by atoms with E-state index in [-0.39, 0.29) is 12.1 Å². The van der Waals surface area contributed by atoms with Crippen molar-refractivity contribution in [1.82, 2.24) is 9.78 Å². The summed E-state index contributed by atoms with van der Waals surface area (Å²) >= 11 is 0. The summed E-state index contributed by atoms with van der Waals surface area (Å²) in [5, 5.41) is 4.93. The van der Waals surface area contributed by atoms with Gasteiger partial charge in [0.15, 0.2) is 0 Å². The first-order valence-electron chi connectivity index (χ1n) is 6.21. The van der Waals surface area contributed by atoms with Crippen LogP contribution < -0.4 is 0 Å². The molecule has 0 fully saturated rings. The van der Waals surface area contributed by atoms with Crippen LogP contribution in [0.1, 0.15) is 11.1 Å². The van der Waals surface area contributed by atoms with Crippen LogP contribution in [0.25, 0.3) is 10.9 Å². The topological polar surface area (TPSA) is 17.8 Å². The van der Waals surface area contributed by atoms with Crippen molar-refractivity contribution in [3.05, 3.63) is 65.6 Å². The Labute approximate surface area is 117 Å². The van der Waals surface area contributed by atoms with Crippen LogP contribution in [0, 0.1) is 5.82 Å². The van der Waals surface area contributed by atoms with Crippen LogP contribution in [0.15, 0.2) is 48.7 Å². The molecule has 1 aromatic heterocycles. The molecule has 6 heteroatoms. The Hall–Kier alpha value is -2.37. The third-order valence-electron chi connectivity index (χ3n) is 3.25. The summed E-state index contributed by atoms with van der Waals surface area (Å²) < 4.78 is 53.5. The van der Waals surface area contributed by atoms with Gasteiger partial charge < -0.3 is 0 Å². The lowest BCUT2D eigenvalue weighted by Gasteiger charge is -2.13. The number of fused-ring (bicyclic) bond motifs is 1. The van der Waals surface area contributed by atoms with Crippen LogP contribution in [0.5, 0.6) is 0 Å². The Morgan fingerprint density at radius 1 is 1.05 bits per heavy atom. The molecule has 0 bridgehead atoms. The minimum atomic E-state index is -4.60. The maximum atomic E-state index is 13.1. The lowest BCUT2D eigenvalue weighted by molar-refractivity contribution is -0.138. The maximum Gasteiger partial charge on any atom is 0.416 e. The van der Waals surface area contributed by atoms with E-state index in [0.29, 0.717) is 6.07 Å². The fraction of sp³-hybridized carbons (Fsp3) is 0.133. The lowest BCUT2D eigenvalue weighted by atomic mass is 10.1. The highest BCUT2D eigenvalue weighted by Crippen LogP contribution is 2.33. The summed E-state index contributed by atoms with van der Waals surface area (Å²) in [6.45, 7) is -0.0668. The molecule has 0 unspecified atom stereocenters. The minimum absolute atomic E-state index is 0.0160. The average molecular weight is 294 g/mol. The van der Waals surface area contributed by atoms with Crippen molar-refractivity contribution in [3.8, 4) is 0 Å². The zero-order valence-corrected chi connectivity index (χ0v) is 10.7. The predicted octanol–water partition coefficient (Wildman–Crippen LogP) is 4.24. The van der Waals surface area contributed by atoms with Crippen LogP contribution in [0.2, 0.25) is 0 Å². The molecule has 0 aliphatic heterocycles. The minimum Gasteiger partial charge on any atom is -0.260 e. The largest absolute Gasteiger partial charge is 0.416 e. The van der Waals surface area contributed by atoms with Crippen LogP contribution >= 0.6 is 0 Å². The Morgan fingerprint density at radius 2 is 1.81 bits per heavy atom. The molecule has 0 aliphatic rings. The molecule has 2 nitrogen and oxygen atoms in total. The van der Waals surface area contributed by atoms with E-state index in [0.717, 1.165) is 23.0 Å². The molecular weight excluding hydrogens is 284 g/mol. The molecule has 0 aliphatic carbocycles. The van der Waals surface area contributed by atoms with Crippen LogP contribution in [0.3, 0.4) is 0 Å². The summed E-state index contributed by atoms with van der Waals surface area (Å²) in [5.41, 5.74) is -0.255. The van der Waals surface area contributed by atoms with Gasteiger partial charge in [-0.1, -0.05) is 24.3 Å². The molecule has 1 heterocycles. The number of hydrogen-bond acceptors (Lipinski definition) is 1. The molecule has 0 atom stereocenters. The first-order chi connectivity index (χ1) is 9.95. The van der Waals surface area contributed by atoms with E-state index >= 15 is 0 Å². The molecule has 3 aromatic rings. The summed E-state index contributed by atoms with van der Waals surface area (Å²) in [6, 6.07) is 9.91. The Morgan fingerprint density at radius 3 is 2.57 bits per heavy atom. The van der Waals surface area contributed by atoms with Gasteiger partial charge in [-0.25, -0.2) is 4.39 Å². The fourth-order valence-corrected chi connectivity index (χ4v) is 2.26. The van der Waals surface area contributed by atoms with E-state index < -0.39 is 17.6 Å². The Bertz CT molecular complexity index is 790. The summed E-state index contributed by atoms with van der Waals surface area (Å²) in [4.78, 5) is 0. The molecule has 0 saturated carbocycles. The van der Waals surface area contributed by atoms with E-state index in [1.807, 2.05) is 12.1 Å². The SMILES string of the molecule is Fc1ccc(Cn2ncc3ccccc32)c(C(F)(F)F)c1. The molecule has 0 amide bonds. The van der Waals surface area contributed by atoms with Gasteiger partial charge in [-0.2, -0.15) is 18.3 Å². The van der Waals surface area contributed by atoms with Crippen molar-refractivity contribution < 1.29 is 17.6 Å². The third kappa shape index (κ3) is 2.61. The second-order valence-corrected chi connectivity index (χ2v) is 4.66. The number of rotatable bonds is 2. The quantitative estimate of drug-likeness (QED) is 0.646. The highest BCUT2D eigenvalue weighted by atomic mass is 19.4. The second-order valence-electron chi connectivity index (χ2n) is 4.66. The van der Waals surface area contributed by atoms with Crippen molar-refractivity contribution in [2.45, 2.75) is 12.7 Å². The third-order valence-corrected chi connectivity index (χ3v) is 3.25. The van der Waals surface area contributed by atoms with Crippen LogP contribution in [0.4, 0.5) is 17.6 Å². The number of alkyl halides is 3. The summed E-state index contributed by atoms with van der Waals surface area (Å²) in [6.07, 6.45) is -3.01. The van der Waals surface area contributed by atoms with Crippen molar-refractivity contribution >= 4 is 10.9 Å². The van der Waals surface area contributed by atoms with Crippen molar-refractivity contribution in [3.63, 3.8) is 0 Å². The van der Waals surface area contributed by atoms with Gasteiger partial charge in [0.05, 0.1) is 23.8 Å². The van der Waals surface area contributed by atoms with E-state index in [2.05, 4.69) is 5.10 Å². The van der Waals surface area contributed by atoms with Gasteiger partial charge in [0.2, 0.25) is 0 Å². The molecule has 0 spiro atoms. The average Bonchev–Trinajstić information content (AvgIpc) is 2.83. The summed E-state index contributed by atoms with van der Waals surface area (Å²) in [7, 11) is 0. The second kappa shape index (κ2) is 4.87. The van der Waals surface area contributed by atoms with Gasteiger partial charge in [0.25, 0.3) is 0 Å². The highest BCUT2D eigenvalue weighted by molar-refractivity contribution is 5.78. The van der Waals surface area contributed by atoms with Gasteiger partial charge in [-0.05, 0) is 23.8 Å². The standard InChI is InChI=1S/C15H10F4N2/c16-12-6-5-11(13(7-12)15(17,18)19)9-21-14-4-2-1-3-10(14)8-20-21/h1-8H,9H2. The zero-order chi connectivity index (χ0) is 15.0. The molecule has 0 saturated heterocycles. The van der Waals surface area contributed by atoms with E-state index in [1.165, 1.54) is 4.68 Å². The number of nitrogens with zero attached hydrogens (tertiary/aromatic N) is 2. The maximum absolute atomic E-state index is 13.1. The van der Waals surface area contributed by atoms with Gasteiger partial charge in [0.1, 0.15) is 5.82 Å². The number of aromatic nitrogens is 2. The van der Waals surface area contributed by atoms with Crippen molar-refractivity contribution in [1.29, 1.82) is 0 Å². The number of benzene rings is 2. The smallest absolute Gasteiger partial charge is 0.260 e. The van der Waals surface area contributed by atoms with E-state index in [1.54, 1.807) is 18.3 Å². The monoisotopic (exact) mass is 294 g/mol. The number of para-hydroxylation sites is 1. The fourth-order valence-electron chi connectivity index (χ4n) is 2.26. The van der Waals surface area contributed by atoms with Crippen LogP contribution in [-0.2, 0) is 12.7 Å². The first-order valence-corrected chi connectivity index (χ1v) is 6.21. The molecule has 3 rings (SSSR count). The molecule has 0 N–H and O–H groups in total. The summed E-state index contributed by atoms with van der Waals surface area (Å²) in [5.74, 6) is -0.906. The lowest BCUT2D eigenvalue weighted by Crippen LogP contribution is -2.12. The van der Waals surface area contributed by atoms with Crippen molar-refractivity contribution in [2.24, 2.45) is 0 Å². The highest BCUT2D eigenvalue weighted by Gasteiger charge is 2.33. The number of hydrogen-bond donors (Lipinski definition) is 0. The Kier molecular flexibility index (Phi) is 3.16. The molecule has 0 radical (unpaired) electrons. The molecular formula is C15H10F4N2. The van der Waals surface area contributed by atoms with Gasteiger partial charge in [-0.15, -0.1) is 0 Å².